The van der Waals surface area contributed by atoms with E-state index >= 15 is 0 Å². The lowest BCUT2D eigenvalue weighted by atomic mass is 10.1. The van der Waals surface area contributed by atoms with Gasteiger partial charge in [-0.25, -0.2) is 4.98 Å². The van der Waals surface area contributed by atoms with E-state index in [1.165, 1.54) is 16.7 Å². The van der Waals surface area contributed by atoms with E-state index in [0.717, 1.165) is 36.7 Å². The van der Waals surface area contributed by atoms with Crippen molar-refractivity contribution in [1.29, 1.82) is 0 Å². The molecule has 0 bridgehead atoms. The van der Waals surface area contributed by atoms with Gasteiger partial charge < -0.3 is 15.1 Å². The number of hydrogen-bond donors (Lipinski definition) is 2. The van der Waals surface area contributed by atoms with E-state index in [0.29, 0.717) is 5.89 Å². The molecule has 0 aliphatic carbocycles. The van der Waals surface area contributed by atoms with Crippen molar-refractivity contribution >= 4 is 29.9 Å². The number of rotatable bonds is 6. The number of aromatic nitrogens is 1. The van der Waals surface area contributed by atoms with Crippen LogP contribution in [0.3, 0.4) is 0 Å². The van der Waals surface area contributed by atoms with Crippen LogP contribution in [0.1, 0.15) is 22.4 Å². The van der Waals surface area contributed by atoms with E-state index in [-0.39, 0.29) is 24.0 Å². The molecule has 0 aliphatic heterocycles. The van der Waals surface area contributed by atoms with E-state index in [1.807, 2.05) is 12.1 Å². The minimum absolute atomic E-state index is 0. The molecule has 2 N–H and O–H groups in total. The Morgan fingerprint density at radius 3 is 2.54 bits per heavy atom. The molecule has 0 saturated heterocycles. The van der Waals surface area contributed by atoms with Crippen LogP contribution >= 0.6 is 24.0 Å². The van der Waals surface area contributed by atoms with Crippen molar-refractivity contribution in [2.75, 3.05) is 13.6 Å². The average Bonchev–Trinajstić information content (AvgIpc) is 3.14. The predicted octanol–water partition coefficient (Wildman–Crippen LogP) is 4.48. The maximum atomic E-state index is 5.61. The zero-order valence-corrected chi connectivity index (χ0v) is 18.9. The number of oxazole rings is 1. The van der Waals surface area contributed by atoms with E-state index in [4.69, 9.17) is 4.42 Å². The van der Waals surface area contributed by atoms with Gasteiger partial charge in [-0.3, -0.25) is 4.99 Å². The minimum Gasteiger partial charge on any atom is -0.444 e. The molecule has 0 amide bonds. The molecule has 28 heavy (non-hydrogen) atoms. The second-order valence-corrected chi connectivity index (χ2v) is 6.60. The standard InChI is InChI=1S/C22H26N4O.HI/c1-16-7-9-19(10-8-16)21-26-20(15-27-21)11-12-24-22(23-3)25-14-18-6-4-5-17(2)13-18;/h4-10,13,15H,11-12,14H2,1-3H3,(H2,23,24,25);1H. The van der Waals surface area contributed by atoms with Gasteiger partial charge in [-0.2, -0.15) is 0 Å². The molecule has 5 nitrogen and oxygen atoms in total. The Morgan fingerprint density at radius 1 is 1.04 bits per heavy atom. The van der Waals surface area contributed by atoms with Gasteiger partial charge >= 0.3 is 0 Å². The molecule has 0 fully saturated rings. The van der Waals surface area contributed by atoms with Crippen molar-refractivity contribution < 1.29 is 4.42 Å². The fraction of sp³-hybridized carbons (Fsp3) is 0.273. The molecular weight excluding hydrogens is 463 g/mol. The van der Waals surface area contributed by atoms with E-state index < -0.39 is 0 Å². The molecule has 0 spiro atoms. The average molecular weight is 490 g/mol. The Balaban J connectivity index is 0.00000280. The highest BCUT2D eigenvalue weighted by molar-refractivity contribution is 14.0. The van der Waals surface area contributed by atoms with Gasteiger partial charge in [-0.15, -0.1) is 24.0 Å². The van der Waals surface area contributed by atoms with Gasteiger partial charge in [0.2, 0.25) is 5.89 Å². The number of benzene rings is 2. The Morgan fingerprint density at radius 2 is 1.82 bits per heavy atom. The molecule has 1 heterocycles. The second-order valence-electron chi connectivity index (χ2n) is 6.60. The molecule has 1 aromatic heterocycles. The van der Waals surface area contributed by atoms with Crippen LogP contribution < -0.4 is 10.6 Å². The van der Waals surface area contributed by atoms with E-state index in [1.54, 1.807) is 13.3 Å². The summed E-state index contributed by atoms with van der Waals surface area (Å²) in [7, 11) is 1.77. The molecule has 0 aliphatic rings. The summed E-state index contributed by atoms with van der Waals surface area (Å²) in [5, 5.41) is 6.65. The summed E-state index contributed by atoms with van der Waals surface area (Å²) < 4.78 is 5.61. The number of aryl methyl sites for hydroxylation is 2. The first-order valence-electron chi connectivity index (χ1n) is 9.15. The third-order valence-corrected chi connectivity index (χ3v) is 4.29. The topological polar surface area (TPSA) is 62.5 Å². The van der Waals surface area contributed by atoms with Crippen LogP contribution in [0.25, 0.3) is 11.5 Å². The summed E-state index contributed by atoms with van der Waals surface area (Å²) in [5.41, 5.74) is 5.63. The third kappa shape index (κ3) is 6.37. The highest BCUT2D eigenvalue weighted by atomic mass is 127. The normalized spacial score (nSPS) is 11.0. The Kier molecular flexibility index (Phi) is 8.50. The van der Waals surface area contributed by atoms with Gasteiger partial charge in [-0.05, 0) is 31.5 Å². The summed E-state index contributed by atoms with van der Waals surface area (Å²) in [6, 6.07) is 16.6. The van der Waals surface area contributed by atoms with Crippen LogP contribution in [0, 0.1) is 13.8 Å². The lowest BCUT2D eigenvalue weighted by Crippen LogP contribution is -2.37. The summed E-state index contributed by atoms with van der Waals surface area (Å²) in [4.78, 5) is 8.84. The molecule has 0 radical (unpaired) electrons. The molecule has 148 valence electrons. The summed E-state index contributed by atoms with van der Waals surface area (Å²) in [6.45, 7) is 5.63. The molecule has 2 aromatic carbocycles. The number of aliphatic imine (C=N–C) groups is 1. The highest BCUT2D eigenvalue weighted by Crippen LogP contribution is 2.19. The summed E-state index contributed by atoms with van der Waals surface area (Å²) in [6.07, 6.45) is 2.49. The quantitative estimate of drug-likeness (QED) is 0.304. The zero-order chi connectivity index (χ0) is 19.1. The predicted molar refractivity (Wildman–Crippen MR) is 125 cm³/mol. The first-order valence-corrected chi connectivity index (χ1v) is 9.15. The number of nitrogens with one attached hydrogen (secondary N) is 2. The lowest BCUT2D eigenvalue weighted by molar-refractivity contribution is 0.572. The van der Waals surface area contributed by atoms with Crippen molar-refractivity contribution in [3.05, 3.63) is 77.2 Å². The van der Waals surface area contributed by atoms with Crippen molar-refractivity contribution in [2.24, 2.45) is 4.99 Å². The van der Waals surface area contributed by atoms with Crippen LogP contribution in [0.5, 0.6) is 0 Å². The first-order chi connectivity index (χ1) is 13.1. The third-order valence-electron chi connectivity index (χ3n) is 4.29. The van der Waals surface area contributed by atoms with Crippen LogP contribution in [0.2, 0.25) is 0 Å². The van der Waals surface area contributed by atoms with Gasteiger partial charge in [0.25, 0.3) is 0 Å². The molecule has 0 saturated carbocycles. The fourth-order valence-corrected chi connectivity index (χ4v) is 2.79. The highest BCUT2D eigenvalue weighted by Gasteiger charge is 2.07. The maximum Gasteiger partial charge on any atom is 0.226 e. The first kappa shape index (κ1) is 21.9. The van der Waals surface area contributed by atoms with E-state index in [2.05, 4.69) is 70.9 Å². The van der Waals surface area contributed by atoms with Crippen molar-refractivity contribution in [3.8, 4) is 11.5 Å². The zero-order valence-electron chi connectivity index (χ0n) is 16.5. The number of hydrogen-bond acceptors (Lipinski definition) is 3. The summed E-state index contributed by atoms with van der Waals surface area (Å²) >= 11 is 0. The largest absolute Gasteiger partial charge is 0.444 e. The smallest absolute Gasteiger partial charge is 0.226 e. The van der Waals surface area contributed by atoms with Crippen LogP contribution in [-0.2, 0) is 13.0 Å². The number of halogens is 1. The van der Waals surface area contributed by atoms with Gasteiger partial charge in [0, 0.05) is 32.1 Å². The Labute approximate surface area is 183 Å². The van der Waals surface area contributed by atoms with E-state index in [9.17, 15) is 0 Å². The monoisotopic (exact) mass is 490 g/mol. The van der Waals surface area contributed by atoms with Gasteiger partial charge in [0.15, 0.2) is 5.96 Å². The van der Waals surface area contributed by atoms with Crippen LogP contribution in [-0.4, -0.2) is 24.5 Å². The Hall–Kier alpha value is -2.35. The number of guanidine groups is 1. The lowest BCUT2D eigenvalue weighted by Gasteiger charge is -2.11. The van der Waals surface area contributed by atoms with Crippen LogP contribution in [0.4, 0.5) is 0 Å². The molecule has 0 unspecified atom stereocenters. The van der Waals surface area contributed by atoms with Crippen molar-refractivity contribution in [2.45, 2.75) is 26.8 Å². The van der Waals surface area contributed by atoms with Gasteiger partial charge in [0.05, 0.1) is 5.69 Å². The summed E-state index contributed by atoms with van der Waals surface area (Å²) in [5.74, 6) is 1.44. The molecule has 3 rings (SSSR count). The van der Waals surface area contributed by atoms with Gasteiger partial charge in [-0.1, -0.05) is 47.5 Å². The molecule has 0 atom stereocenters. The van der Waals surface area contributed by atoms with Crippen molar-refractivity contribution in [3.63, 3.8) is 0 Å². The van der Waals surface area contributed by atoms with Crippen molar-refractivity contribution in [1.82, 2.24) is 15.6 Å². The SMILES string of the molecule is CN=C(NCCc1coc(-c2ccc(C)cc2)n1)NCc1cccc(C)c1.I. The van der Waals surface area contributed by atoms with Gasteiger partial charge in [0.1, 0.15) is 6.26 Å². The minimum atomic E-state index is 0. The van der Waals surface area contributed by atoms with Crippen LogP contribution in [0.15, 0.2) is 64.2 Å². The molecular formula is C22H27IN4O. The fourth-order valence-electron chi connectivity index (χ4n) is 2.79. The number of nitrogens with zero attached hydrogens (tertiary/aromatic N) is 2. The maximum absolute atomic E-state index is 5.61. The molecule has 6 heteroatoms. The molecule has 3 aromatic rings. The second kappa shape index (κ2) is 10.8. The Bertz CT molecular complexity index is 903.